The zero-order valence-corrected chi connectivity index (χ0v) is 13.0. The predicted molar refractivity (Wildman–Crippen MR) is 83.3 cm³/mol. The van der Waals surface area contributed by atoms with E-state index in [9.17, 15) is 4.79 Å². The molecule has 0 radical (unpaired) electrons. The van der Waals surface area contributed by atoms with Crippen molar-refractivity contribution in [2.24, 2.45) is 0 Å². The molecule has 1 aromatic rings. The van der Waals surface area contributed by atoms with Crippen LogP contribution in [0.5, 0.6) is 0 Å². The molecule has 4 heteroatoms. The number of para-hydroxylation sites is 1. The first-order valence-corrected chi connectivity index (χ1v) is 7.32. The van der Waals surface area contributed by atoms with Crippen molar-refractivity contribution >= 4 is 11.6 Å². The third-order valence-corrected chi connectivity index (χ3v) is 2.98. The number of benzene rings is 1. The molecule has 4 nitrogen and oxygen atoms in total. The summed E-state index contributed by atoms with van der Waals surface area (Å²) in [5.41, 5.74) is 1.61. The van der Waals surface area contributed by atoms with Crippen LogP contribution in [0.1, 0.15) is 38.1 Å². The van der Waals surface area contributed by atoms with E-state index in [1.54, 1.807) is 0 Å². The molecule has 20 heavy (non-hydrogen) atoms. The van der Waals surface area contributed by atoms with E-state index in [1.807, 2.05) is 43.0 Å². The van der Waals surface area contributed by atoms with Crippen LogP contribution in [0, 0.1) is 0 Å². The maximum absolute atomic E-state index is 12.6. The van der Waals surface area contributed by atoms with E-state index in [0.29, 0.717) is 32.3 Å². The summed E-state index contributed by atoms with van der Waals surface area (Å²) in [6.45, 7) is 10.6. The minimum Gasteiger partial charge on any atom is -0.382 e. The molecule has 1 N–H and O–H groups in total. The number of nitrogens with zero attached hydrogens (tertiary/aromatic N) is 1. The Bertz CT molecular complexity index is 419. The van der Waals surface area contributed by atoms with Crippen molar-refractivity contribution in [2.45, 2.75) is 33.7 Å². The Labute approximate surface area is 122 Å². The van der Waals surface area contributed by atoms with Crippen LogP contribution in [-0.2, 0) is 4.74 Å². The molecule has 0 aliphatic carbocycles. The molecule has 0 atom stereocenters. The predicted octanol–water partition coefficient (Wildman–Crippen LogP) is 3.01. The Hall–Kier alpha value is -1.55. The molecule has 0 saturated heterocycles. The number of likely N-dealkylation sites (N-methyl/N-ethyl adjacent to an activating group) is 1. The minimum atomic E-state index is 0.0518. The molecule has 0 saturated carbocycles. The Morgan fingerprint density at radius 3 is 2.60 bits per heavy atom. The van der Waals surface area contributed by atoms with Gasteiger partial charge >= 0.3 is 0 Å². The highest BCUT2D eigenvalue weighted by atomic mass is 16.5. The highest BCUT2D eigenvalue weighted by molar-refractivity contribution is 5.99. The Kier molecular flexibility index (Phi) is 7.09. The molecule has 0 unspecified atom stereocenters. The lowest BCUT2D eigenvalue weighted by molar-refractivity contribution is 0.0670. The lowest BCUT2D eigenvalue weighted by Crippen LogP contribution is -2.34. The van der Waals surface area contributed by atoms with Gasteiger partial charge in [-0.05, 0) is 39.8 Å². The molecular weight excluding hydrogens is 252 g/mol. The van der Waals surface area contributed by atoms with Gasteiger partial charge in [0.05, 0.1) is 12.2 Å². The molecule has 0 heterocycles. The van der Waals surface area contributed by atoms with Crippen molar-refractivity contribution in [3.05, 3.63) is 29.8 Å². The Morgan fingerprint density at radius 2 is 2.00 bits per heavy atom. The minimum absolute atomic E-state index is 0.0518. The Morgan fingerprint density at radius 1 is 1.30 bits per heavy atom. The van der Waals surface area contributed by atoms with Crippen LogP contribution < -0.4 is 5.32 Å². The molecule has 0 aromatic heterocycles. The molecule has 1 amide bonds. The fourth-order valence-electron chi connectivity index (χ4n) is 2.00. The average Bonchev–Trinajstić information content (AvgIpc) is 2.43. The van der Waals surface area contributed by atoms with Crippen molar-refractivity contribution < 1.29 is 9.53 Å². The molecule has 112 valence electrons. The monoisotopic (exact) mass is 278 g/mol. The van der Waals surface area contributed by atoms with Gasteiger partial charge in [-0.2, -0.15) is 0 Å². The first kappa shape index (κ1) is 16.5. The van der Waals surface area contributed by atoms with E-state index in [-0.39, 0.29) is 5.91 Å². The second kappa shape index (κ2) is 8.59. The van der Waals surface area contributed by atoms with Crippen molar-refractivity contribution in [2.75, 3.05) is 31.6 Å². The SMILES string of the molecule is CCOCCN(CC)C(=O)c1ccccc1NC(C)C. The third-order valence-electron chi connectivity index (χ3n) is 2.98. The number of anilines is 1. The van der Waals surface area contributed by atoms with Crippen LogP contribution in [0.15, 0.2) is 24.3 Å². The molecule has 1 rings (SSSR count). The summed E-state index contributed by atoms with van der Waals surface area (Å²) < 4.78 is 5.34. The average molecular weight is 278 g/mol. The quantitative estimate of drug-likeness (QED) is 0.743. The van der Waals surface area contributed by atoms with Gasteiger partial charge in [-0.3, -0.25) is 4.79 Å². The number of hydrogen-bond acceptors (Lipinski definition) is 3. The van der Waals surface area contributed by atoms with Crippen molar-refractivity contribution in [1.82, 2.24) is 4.90 Å². The maximum atomic E-state index is 12.6. The molecular formula is C16H26N2O2. The van der Waals surface area contributed by atoms with Gasteiger partial charge in [0.1, 0.15) is 0 Å². The summed E-state index contributed by atoms with van der Waals surface area (Å²) in [7, 11) is 0. The van der Waals surface area contributed by atoms with Gasteiger partial charge < -0.3 is 15.0 Å². The van der Waals surface area contributed by atoms with Gasteiger partial charge in [0.25, 0.3) is 5.91 Å². The van der Waals surface area contributed by atoms with Gasteiger partial charge in [-0.15, -0.1) is 0 Å². The van der Waals surface area contributed by atoms with E-state index in [2.05, 4.69) is 19.2 Å². The molecule has 0 fully saturated rings. The highest BCUT2D eigenvalue weighted by Gasteiger charge is 2.17. The largest absolute Gasteiger partial charge is 0.382 e. The van der Waals surface area contributed by atoms with Crippen molar-refractivity contribution in [1.29, 1.82) is 0 Å². The summed E-state index contributed by atoms with van der Waals surface area (Å²) in [6.07, 6.45) is 0. The van der Waals surface area contributed by atoms with Crippen LogP contribution >= 0.6 is 0 Å². The zero-order valence-electron chi connectivity index (χ0n) is 13.0. The van der Waals surface area contributed by atoms with Crippen molar-refractivity contribution in [3.63, 3.8) is 0 Å². The summed E-state index contributed by atoms with van der Waals surface area (Å²) in [6, 6.07) is 7.95. The van der Waals surface area contributed by atoms with E-state index < -0.39 is 0 Å². The standard InChI is InChI=1S/C16H26N2O2/c1-5-18(11-12-20-6-2)16(19)14-9-7-8-10-15(14)17-13(3)4/h7-10,13,17H,5-6,11-12H2,1-4H3. The lowest BCUT2D eigenvalue weighted by atomic mass is 10.1. The smallest absolute Gasteiger partial charge is 0.256 e. The Balaban J connectivity index is 2.83. The van der Waals surface area contributed by atoms with Crippen LogP contribution in [0.25, 0.3) is 0 Å². The summed E-state index contributed by atoms with van der Waals surface area (Å²) in [4.78, 5) is 14.4. The molecule has 0 spiro atoms. The first-order chi connectivity index (χ1) is 9.60. The van der Waals surface area contributed by atoms with Crippen LogP contribution in [-0.4, -0.2) is 43.2 Å². The molecule has 1 aromatic carbocycles. The second-order valence-corrected chi connectivity index (χ2v) is 4.93. The zero-order chi connectivity index (χ0) is 15.0. The van der Waals surface area contributed by atoms with Gasteiger partial charge in [-0.25, -0.2) is 0 Å². The van der Waals surface area contributed by atoms with E-state index >= 15 is 0 Å². The third kappa shape index (κ3) is 4.85. The van der Waals surface area contributed by atoms with Gasteiger partial charge in [0.2, 0.25) is 0 Å². The first-order valence-electron chi connectivity index (χ1n) is 7.32. The number of hydrogen-bond donors (Lipinski definition) is 1. The second-order valence-electron chi connectivity index (χ2n) is 4.93. The molecule has 0 aliphatic rings. The van der Waals surface area contributed by atoms with Crippen LogP contribution in [0.4, 0.5) is 5.69 Å². The maximum Gasteiger partial charge on any atom is 0.256 e. The van der Waals surface area contributed by atoms with Gasteiger partial charge in [-0.1, -0.05) is 12.1 Å². The number of amides is 1. The van der Waals surface area contributed by atoms with E-state index in [0.717, 1.165) is 11.3 Å². The number of ether oxygens (including phenoxy) is 1. The number of carbonyl (C=O) groups is 1. The van der Waals surface area contributed by atoms with Crippen LogP contribution in [0.3, 0.4) is 0 Å². The normalized spacial score (nSPS) is 10.7. The fraction of sp³-hybridized carbons (Fsp3) is 0.562. The van der Waals surface area contributed by atoms with E-state index in [1.165, 1.54) is 0 Å². The number of rotatable bonds is 8. The van der Waals surface area contributed by atoms with Crippen molar-refractivity contribution in [3.8, 4) is 0 Å². The summed E-state index contributed by atoms with van der Waals surface area (Å²) in [5.74, 6) is 0.0518. The number of carbonyl (C=O) groups excluding carboxylic acids is 1. The highest BCUT2D eigenvalue weighted by Crippen LogP contribution is 2.18. The molecule has 0 aliphatic heterocycles. The molecule has 0 bridgehead atoms. The van der Waals surface area contributed by atoms with Gasteiger partial charge in [0.15, 0.2) is 0 Å². The van der Waals surface area contributed by atoms with Gasteiger partial charge in [0, 0.05) is 31.4 Å². The number of nitrogens with one attached hydrogen (secondary N) is 1. The topological polar surface area (TPSA) is 41.6 Å². The van der Waals surface area contributed by atoms with E-state index in [4.69, 9.17) is 4.74 Å². The fourth-order valence-corrected chi connectivity index (χ4v) is 2.00. The summed E-state index contributed by atoms with van der Waals surface area (Å²) in [5, 5.41) is 3.32. The lowest BCUT2D eigenvalue weighted by Gasteiger charge is -2.23. The summed E-state index contributed by atoms with van der Waals surface area (Å²) >= 11 is 0. The van der Waals surface area contributed by atoms with Crippen LogP contribution in [0.2, 0.25) is 0 Å².